The molecular weight excluding hydrogens is 204 g/mol. The Balaban J connectivity index is 4.92. The summed E-state index contributed by atoms with van der Waals surface area (Å²) < 4.78 is 5.03. The molecule has 0 bridgehead atoms. The lowest BCUT2D eigenvalue weighted by molar-refractivity contribution is -0.168. The minimum absolute atomic E-state index is 0.258. The zero-order chi connectivity index (χ0) is 12.8. The molecule has 0 heterocycles. The summed E-state index contributed by atoms with van der Waals surface area (Å²) in [5.41, 5.74) is -1.66. The minimum Gasteiger partial charge on any atom is -0.461 e. The van der Waals surface area contributed by atoms with Crippen molar-refractivity contribution >= 4 is 5.97 Å². The van der Waals surface area contributed by atoms with E-state index in [1.807, 2.05) is 6.92 Å². The Morgan fingerprint density at radius 1 is 1.50 bits per heavy atom. The molecule has 0 aliphatic rings. The van der Waals surface area contributed by atoms with Gasteiger partial charge in [0.2, 0.25) is 0 Å². The molecule has 1 N–H and O–H groups in total. The van der Waals surface area contributed by atoms with E-state index in [2.05, 4.69) is 13.2 Å². The molecule has 3 nitrogen and oxygen atoms in total. The summed E-state index contributed by atoms with van der Waals surface area (Å²) in [5, 5.41) is 10.3. The third-order valence-corrected chi connectivity index (χ3v) is 2.43. The van der Waals surface area contributed by atoms with Crippen LogP contribution in [0.2, 0.25) is 0 Å². The Morgan fingerprint density at radius 3 is 2.38 bits per heavy atom. The van der Waals surface area contributed by atoms with Crippen LogP contribution in [-0.4, -0.2) is 22.8 Å². The lowest BCUT2D eigenvalue weighted by Crippen LogP contribution is -2.45. The van der Waals surface area contributed by atoms with Crippen LogP contribution in [0.15, 0.2) is 25.3 Å². The number of aliphatic hydroxyl groups is 1. The molecule has 0 amide bonds. The van der Waals surface area contributed by atoms with E-state index in [-0.39, 0.29) is 12.0 Å². The molecule has 3 heteroatoms. The van der Waals surface area contributed by atoms with Gasteiger partial charge in [-0.15, -0.1) is 6.58 Å². The number of ether oxygens (including phenoxy) is 1. The summed E-state index contributed by atoms with van der Waals surface area (Å²) in [6.45, 7) is 12.6. The second-order valence-corrected chi connectivity index (χ2v) is 4.11. The predicted octanol–water partition coefficient (Wildman–Crippen LogP) is 2.46. The first kappa shape index (κ1) is 14.9. The molecule has 16 heavy (non-hydrogen) atoms. The largest absolute Gasteiger partial charge is 0.461 e. The molecule has 0 fully saturated rings. The highest BCUT2D eigenvalue weighted by molar-refractivity contribution is 5.82. The van der Waals surface area contributed by atoms with Crippen molar-refractivity contribution in [3.63, 3.8) is 0 Å². The second-order valence-electron chi connectivity index (χ2n) is 4.11. The fraction of sp³-hybridized carbons (Fsp3) is 0.615. The van der Waals surface area contributed by atoms with Gasteiger partial charge in [0.25, 0.3) is 0 Å². The molecule has 0 aliphatic heterocycles. The van der Waals surface area contributed by atoms with Crippen molar-refractivity contribution in [1.29, 1.82) is 0 Å². The first-order chi connectivity index (χ1) is 7.42. The quantitative estimate of drug-likeness (QED) is 0.536. The van der Waals surface area contributed by atoms with Crippen LogP contribution >= 0.6 is 0 Å². The molecule has 0 rings (SSSR count). The highest BCUT2D eigenvalue weighted by Crippen LogP contribution is 2.26. The van der Waals surface area contributed by atoms with Gasteiger partial charge in [-0.05, 0) is 26.3 Å². The maximum absolute atomic E-state index is 11.8. The smallest absolute Gasteiger partial charge is 0.343 e. The number of carbonyl (C=O) groups is 1. The average Bonchev–Trinajstić information content (AvgIpc) is 2.23. The zero-order valence-electron chi connectivity index (χ0n) is 10.4. The van der Waals surface area contributed by atoms with E-state index in [0.29, 0.717) is 6.42 Å². The fourth-order valence-corrected chi connectivity index (χ4v) is 1.52. The molecule has 0 saturated heterocycles. The van der Waals surface area contributed by atoms with Gasteiger partial charge in [-0.1, -0.05) is 26.0 Å². The number of rotatable bonds is 7. The fourth-order valence-electron chi connectivity index (χ4n) is 1.52. The van der Waals surface area contributed by atoms with Crippen molar-refractivity contribution in [3.05, 3.63) is 25.3 Å². The summed E-state index contributed by atoms with van der Waals surface area (Å²) in [7, 11) is 0. The molecule has 0 aromatic rings. The molecular formula is C13H22O3. The van der Waals surface area contributed by atoms with Gasteiger partial charge < -0.3 is 9.84 Å². The third kappa shape index (κ3) is 3.49. The van der Waals surface area contributed by atoms with Crippen molar-refractivity contribution in [1.82, 2.24) is 0 Å². The SMILES string of the molecule is C=C[C@H](CCC)[C@](O)(C=C)C(=O)OC(C)C. The van der Waals surface area contributed by atoms with E-state index in [1.54, 1.807) is 19.9 Å². The summed E-state index contributed by atoms with van der Waals surface area (Å²) in [4.78, 5) is 11.8. The minimum atomic E-state index is -1.66. The lowest BCUT2D eigenvalue weighted by atomic mass is 9.84. The van der Waals surface area contributed by atoms with Gasteiger partial charge in [0, 0.05) is 5.92 Å². The van der Waals surface area contributed by atoms with Crippen LogP contribution < -0.4 is 0 Å². The number of hydrogen-bond acceptors (Lipinski definition) is 3. The van der Waals surface area contributed by atoms with Crippen molar-refractivity contribution in [2.45, 2.75) is 45.3 Å². The van der Waals surface area contributed by atoms with Crippen LogP contribution in [-0.2, 0) is 9.53 Å². The molecule has 0 saturated carbocycles. The highest BCUT2D eigenvalue weighted by Gasteiger charge is 2.41. The molecule has 92 valence electrons. The Kier molecular flexibility index (Phi) is 6.04. The van der Waals surface area contributed by atoms with E-state index in [9.17, 15) is 9.90 Å². The highest BCUT2D eigenvalue weighted by atomic mass is 16.6. The van der Waals surface area contributed by atoms with Crippen LogP contribution in [0.25, 0.3) is 0 Å². The van der Waals surface area contributed by atoms with Gasteiger partial charge in [0.1, 0.15) is 0 Å². The Bertz CT molecular complexity index is 258. The molecule has 0 unspecified atom stereocenters. The van der Waals surface area contributed by atoms with E-state index in [0.717, 1.165) is 6.42 Å². The molecule has 2 atom stereocenters. The lowest BCUT2D eigenvalue weighted by Gasteiger charge is -2.29. The summed E-state index contributed by atoms with van der Waals surface area (Å²) >= 11 is 0. The topological polar surface area (TPSA) is 46.5 Å². The predicted molar refractivity (Wildman–Crippen MR) is 65.0 cm³/mol. The van der Waals surface area contributed by atoms with Crippen molar-refractivity contribution in [2.24, 2.45) is 5.92 Å². The van der Waals surface area contributed by atoms with Gasteiger partial charge in [0.05, 0.1) is 6.10 Å². The first-order valence-corrected chi connectivity index (χ1v) is 5.61. The van der Waals surface area contributed by atoms with Crippen molar-refractivity contribution < 1.29 is 14.6 Å². The van der Waals surface area contributed by atoms with Crippen LogP contribution in [0.4, 0.5) is 0 Å². The molecule has 0 aliphatic carbocycles. The third-order valence-electron chi connectivity index (χ3n) is 2.43. The maximum Gasteiger partial charge on any atom is 0.343 e. The zero-order valence-corrected chi connectivity index (χ0v) is 10.4. The van der Waals surface area contributed by atoms with E-state index < -0.39 is 11.6 Å². The van der Waals surface area contributed by atoms with Gasteiger partial charge in [-0.3, -0.25) is 0 Å². The summed E-state index contributed by atoms with van der Waals surface area (Å²) in [5.74, 6) is -1.02. The average molecular weight is 226 g/mol. The Hall–Kier alpha value is -1.09. The second kappa shape index (κ2) is 6.48. The molecule has 0 aromatic heterocycles. The van der Waals surface area contributed by atoms with Crippen molar-refractivity contribution in [2.75, 3.05) is 0 Å². The molecule has 0 spiro atoms. The summed E-state index contributed by atoms with van der Waals surface area (Å²) in [6, 6.07) is 0. The van der Waals surface area contributed by atoms with E-state index in [4.69, 9.17) is 4.74 Å². The number of esters is 1. The molecule has 0 radical (unpaired) electrons. The standard InChI is InChI=1S/C13H22O3/c1-6-9-11(7-2)13(15,8-3)12(14)16-10(4)5/h7-8,10-11,15H,2-3,6,9H2,1,4-5H3/t11-,13-/m1/s1. The van der Waals surface area contributed by atoms with E-state index >= 15 is 0 Å². The van der Waals surface area contributed by atoms with Crippen molar-refractivity contribution in [3.8, 4) is 0 Å². The van der Waals surface area contributed by atoms with Crippen LogP contribution in [0.5, 0.6) is 0 Å². The van der Waals surface area contributed by atoms with Gasteiger partial charge in [-0.25, -0.2) is 4.79 Å². The first-order valence-electron chi connectivity index (χ1n) is 5.61. The van der Waals surface area contributed by atoms with Gasteiger partial charge in [-0.2, -0.15) is 0 Å². The van der Waals surface area contributed by atoms with Crippen LogP contribution in [0.3, 0.4) is 0 Å². The van der Waals surface area contributed by atoms with Crippen LogP contribution in [0.1, 0.15) is 33.6 Å². The molecule has 0 aromatic carbocycles. The number of carbonyl (C=O) groups excluding carboxylic acids is 1. The summed E-state index contributed by atoms with van der Waals surface area (Å²) in [6.07, 6.45) is 4.07. The van der Waals surface area contributed by atoms with Crippen LogP contribution in [0, 0.1) is 5.92 Å². The van der Waals surface area contributed by atoms with Gasteiger partial charge in [0.15, 0.2) is 5.60 Å². The Labute approximate surface area is 97.8 Å². The maximum atomic E-state index is 11.8. The normalized spacial score (nSPS) is 16.3. The van der Waals surface area contributed by atoms with E-state index in [1.165, 1.54) is 6.08 Å². The Morgan fingerprint density at radius 2 is 2.06 bits per heavy atom. The number of hydrogen-bond donors (Lipinski definition) is 1. The van der Waals surface area contributed by atoms with Gasteiger partial charge >= 0.3 is 5.97 Å². The monoisotopic (exact) mass is 226 g/mol.